The largest absolute Gasteiger partial charge is 0.370 e. The van der Waals surface area contributed by atoms with E-state index < -0.39 is 5.66 Å². The number of allylic oxidation sites excluding steroid dienone is 1. The van der Waals surface area contributed by atoms with Gasteiger partial charge in [-0.2, -0.15) is 0 Å². The molecule has 1 aliphatic rings. The molecule has 0 saturated carbocycles. The van der Waals surface area contributed by atoms with E-state index in [9.17, 15) is 0 Å². The van der Waals surface area contributed by atoms with Crippen molar-refractivity contribution in [3.63, 3.8) is 0 Å². The van der Waals surface area contributed by atoms with E-state index in [1.54, 1.807) is 0 Å². The topological polar surface area (TPSA) is 76.4 Å². The summed E-state index contributed by atoms with van der Waals surface area (Å²) in [4.78, 5) is 4.28. The Bertz CT molecular complexity index is 285. The molecule has 14 heavy (non-hydrogen) atoms. The van der Waals surface area contributed by atoms with Crippen LogP contribution in [0.5, 0.6) is 0 Å². The molecule has 5 heteroatoms. The summed E-state index contributed by atoms with van der Waals surface area (Å²) in [6.45, 7) is 4.11. The fraction of sp³-hybridized carbons (Fsp3) is 0.667. The first-order valence-electron chi connectivity index (χ1n) is 4.77. The van der Waals surface area contributed by atoms with Crippen molar-refractivity contribution < 1.29 is 0 Å². The number of nitrogens with one attached hydrogen (secondary N) is 1. The van der Waals surface area contributed by atoms with Gasteiger partial charge in [-0.1, -0.05) is 13.3 Å². The highest BCUT2D eigenvalue weighted by molar-refractivity contribution is 14.1. The second kappa shape index (κ2) is 4.48. The summed E-state index contributed by atoms with van der Waals surface area (Å²) in [5.41, 5.74) is 12.3. The van der Waals surface area contributed by atoms with Crippen LogP contribution in [0.15, 0.2) is 14.3 Å². The first-order valence-corrected chi connectivity index (χ1v) is 5.85. The molecule has 0 aromatic carbocycles. The van der Waals surface area contributed by atoms with Gasteiger partial charge in [0, 0.05) is 5.70 Å². The number of guanidine groups is 1. The van der Waals surface area contributed by atoms with Crippen molar-refractivity contribution in [2.75, 3.05) is 0 Å². The van der Waals surface area contributed by atoms with Gasteiger partial charge in [-0.25, -0.2) is 4.99 Å². The average molecular weight is 308 g/mol. The van der Waals surface area contributed by atoms with Crippen LogP contribution in [-0.4, -0.2) is 11.6 Å². The predicted molar refractivity (Wildman–Crippen MR) is 67.9 cm³/mol. The minimum atomic E-state index is -0.601. The molecular weight excluding hydrogens is 291 g/mol. The van der Waals surface area contributed by atoms with Crippen molar-refractivity contribution >= 4 is 28.6 Å². The van der Waals surface area contributed by atoms with E-state index in [0.29, 0.717) is 5.96 Å². The second-order valence-corrected chi connectivity index (χ2v) is 4.67. The monoisotopic (exact) mass is 308 g/mol. The maximum Gasteiger partial charge on any atom is 0.195 e. The van der Waals surface area contributed by atoms with Crippen molar-refractivity contribution in [2.24, 2.45) is 16.5 Å². The molecule has 0 aromatic rings. The van der Waals surface area contributed by atoms with Gasteiger partial charge in [-0.15, -0.1) is 0 Å². The molecule has 1 heterocycles. The Morgan fingerprint density at radius 2 is 2.21 bits per heavy atom. The van der Waals surface area contributed by atoms with Crippen LogP contribution < -0.4 is 16.8 Å². The maximum absolute atomic E-state index is 6.20. The Kier molecular flexibility index (Phi) is 3.77. The minimum absolute atomic E-state index is 0.418. The molecule has 0 bridgehead atoms. The molecule has 4 nitrogen and oxygen atoms in total. The highest BCUT2D eigenvalue weighted by Crippen LogP contribution is 2.31. The summed E-state index contributed by atoms with van der Waals surface area (Å²) in [5, 5.41) is 2.98. The van der Waals surface area contributed by atoms with Crippen LogP contribution in [-0.2, 0) is 0 Å². The first-order chi connectivity index (χ1) is 6.49. The van der Waals surface area contributed by atoms with Gasteiger partial charge in [-0.3, -0.25) is 0 Å². The van der Waals surface area contributed by atoms with E-state index in [0.717, 1.165) is 28.5 Å². The third-order valence-corrected chi connectivity index (χ3v) is 4.00. The quantitative estimate of drug-likeness (QED) is 0.690. The molecule has 0 aliphatic carbocycles. The van der Waals surface area contributed by atoms with Gasteiger partial charge in [-0.05, 0) is 42.4 Å². The van der Waals surface area contributed by atoms with E-state index in [-0.39, 0.29) is 0 Å². The Morgan fingerprint density at radius 3 is 2.79 bits per heavy atom. The summed E-state index contributed by atoms with van der Waals surface area (Å²) in [5.74, 6) is 0.418. The SMILES string of the molecule is CCCCC1(N)N=C(N)NC(C)=C1I. The van der Waals surface area contributed by atoms with Gasteiger partial charge in [0.15, 0.2) is 5.96 Å². The summed E-state index contributed by atoms with van der Waals surface area (Å²) in [6, 6.07) is 0. The van der Waals surface area contributed by atoms with E-state index in [2.05, 4.69) is 39.8 Å². The zero-order valence-corrected chi connectivity index (χ0v) is 10.8. The van der Waals surface area contributed by atoms with E-state index in [1.807, 2.05) is 6.92 Å². The van der Waals surface area contributed by atoms with Gasteiger partial charge in [0.25, 0.3) is 0 Å². The zero-order valence-electron chi connectivity index (χ0n) is 8.60. The summed E-state index contributed by atoms with van der Waals surface area (Å²) in [6.07, 6.45) is 3.03. The molecule has 0 radical (unpaired) electrons. The maximum atomic E-state index is 6.20. The van der Waals surface area contributed by atoms with Crippen molar-refractivity contribution in [2.45, 2.75) is 38.8 Å². The lowest BCUT2D eigenvalue weighted by molar-refractivity contribution is 0.470. The number of rotatable bonds is 3. The van der Waals surface area contributed by atoms with Crippen LogP contribution in [0, 0.1) is 0 Å². The molecular formula is C9H17IN4. The summed E-state index contributed by atoms with van der Waals surface area (Å²) >= 11 is 2.24. The molecule has 1 rings (SSSR count). The highest BCUT2D eigenvalue weighted by Gasteiger charge is 2.32. The number of nitrogens with two attached hydrogens (primary N) is 2. The van der Waals surface area contributed by atoms with Crippen LogP contribution in [0.1, 0.15) is 33.1 Å². The normalized spacial score (nSPS) is 27.3. The molecule has 1 aliphatic heterocycles. The third kappa shape index (κ3) is 2.38. The molecule has 0 spiro atoms. The lowest BCUT2D eigenvalue weighted by Crippen LogP contribution is -2.48. The summed E-state index contributed by atoms with van der Waals surface area (Å²) in [7, 11) is 0. The molecule has 1 unspecified atom stereocenters. The fourth-order valence-corrected chi connectivity index (χ4v) is 2.00. The molecule has 0 aromatic heterocycles. The van der Waals surface area contributed by atoms with Crippen LogP contribution in [0.2, 0.25) is 0 Å². The van der Waals surface area contributed by atoms with Crippen LogP contribution in [0.25, 0.3) is 0 Å². The van der Waals surface area contributed by atoms with Crippen molar-refractivity contribution in [1.29, 1.82) is 0 Å². The highest BCUT2D eigenvalue weighted by atomic mass is 127. The van der Waals surface area contributed by atoms with Crippen LogP contribution in [0.3, 0.4) is 0 Å². The van der Waals surface area contributed by atoms with Gasteiger partial charge < -0.3 is 16.8 Å². The van der Waals surface area contributed by atoms with Crippen molar-refractivity contribution in [3.8, 4) is 0 Å². The number of hydrogen-bond acceptors (Lipinski definition) is 4. The standard InChI is InChI=1S/C9H17IN4/c1-3-4-5-9(12)7(10)6(2)13-8(11)14-9/h3-5,12H2,1-2H3,(H3,11,13,14). The first kappa shape index (κ1) is 11.8. The third-order valence-electron chi connectivity index (χ3n) is 2.26. The van der Waals surface area contributed by atoms with Crippen molar-refractivity contribution in [3.05, 3.63) is 9.28 Å². The predicted octanol–water partition coefficient (Wildman–Crippen LogP) is 1.42. The minimum Gasteiger partial charge on any atom is -0.370 e. The number of unbranched alkanes of at least 4 members (excludes halogenated alkanes) is 1. The Hall–Kier alpha value is -0.300. The van der Waals surface area contributed by atoms with Crippen molar-refractivity contribution in [1.82, 2.24) is 5.32 Å². The Balaban J connectivity index is 2.87. The summed E-state index contributed by atoms with van der Waals surface area (Å²) < 4.78 is 1.05. The second-order valence-electron chi connectivity index (χ2n) is 3.59. The average Bonchev–Trinajstić information content (AvgIpc) is 2.11. The van der Waals surface area contributed by atoms with Gasteiger partial charge >= 0.3 is 0 Å². The lowest BCUT2D eigenvalue weighted by atomic mass is 10.0. The zero-order chi connectivity index (χ0) is 10.8. The molecule has 0 fully saturated rings. The van der Waals surface area contributed by atoms with Gasteiger partial charge in [0.2, 0.25) is 0 Å². The molecule has 5 N–H and O–H groups in total. The smallest absolute Gasteiger partial charge is 0.195 e. The Morgan fingerprint density at radius 1 is 1.57 bits per heavy atom. The van der Waals surface area contributed by atoms with Crippen LogP contribution >= 0.6 is 22.6 Å². The lowest BCUT2D eigenvalue weighted by Gasteiger charge is -2.31. The number of halogens is 1. The molecule has 0 saturated heterocycles. The van der Waals surface area contributed by atoms with Crippen LogP contribution in [0.4, 0.5) is 0 Å². The van der Waals surface area contributed by atoms with E-state index in [4.69, 9.17) is 11.5 Å². The Labute approximate surface area is 98.4 Å². The number of nitrogens with zero attached hydrogens (tertiary/aromatic N) is 1. The molecule has 0 amide bonds. The molecule has 1 atom stereocenters. The number of aliphatic imine (C=N–C) groups is 1. The van der Waals surface area contributed by atoms with Gasteiger partial charge in [0.05, 0.1) is 3.58 Å². The number of hydrogen-bond donors (Lipinski definition) is 3. The van der Waals surface area contributed by atoms with E-state index >= 15 is 0 Å². The molecule has 80 valence electrons. The fourth-order valence-electron chi connectivity index (χ4n) is 1.48. The van der Waals surface area contributed by atoms with Gasteiger partial charge in [0.1, 0.15) is 5.66 Å². The van der Waals surface area contributed by atoms with E-state index in [1.165, 1.54) is 0 Å².